The fraction of sp³-hybridized carbons (Fsp3) is 0.250. The van der Waals surface area contributed by atoms with Crippen LogP contribution in [0.1, 0.15) is 43.4 Å². The zero-order valence-electron chi connectivity index (χ0n) is 26.0. The van der Waals surface area contributed by atoms with Gasteiger partial charge in [-0.05, 0) is 55.3 Å². The van der Waals surface area contributed by atoms with Crippen LogP contribution in [-0.2, 0) is 29.2 Å². The first kappa shape index (κ1) is 32.6. The van der Waals surface area contributed by atoms with Crippen molar-refractivity contribution in [3.05, 3.63) is 118 Å². The quantitative estimate of drug-likeness (QED) is 0.140. The Labute approximate surface area is 271 Å². The van der Waals surface area contributed by atoms with Crippen LogP contribution in [0.3, 0.4) is 0 Å². The SMILES string of the molecule is CCCC(=O)Nc1ccc(-c2sc3c(c2CN(C)Cc2ccccc2)c(=O)c(OC(=O)OCC)cn3Cc2ccccc2F)cc1. The number of thiophene rings is 1. The summed E-state index contributed by atoms with van der Waals surface area (Å²) in [6.07, 6.45) is 1.63. The molecule has 0 atom stereocenters. The van der Waals surface area contributed by atoms with E-state index < -0.39 is 11.6 Å². The van der Waals surface area contributed by atoms with Gasteiger partial charge in [-0.3, -0.25) is 14.5 Å². The van der Waals surface area contributed by atoms with E-state index in [-0.39, 0.29) is 30.6 Å². The number of rotatable bonds is 12. The summed E-state index contributed by atoms with van der Waals surface area (Å²) in [5.41, 5.74) is 3.35. The molecule has 0 unspecified atom stereocenters. The molecule has 0 bridgehead atoms. The number of aromatic nitrogens is 1. The van der Waals surface area contributed by atoms with Crippen molar-refractivity contribution in [1.82, 2.24) is 9.47 Å². The largest absolute Gasteiger partial charge is 0.514 e. The molecule has 10 heteroatoms. The average Bonchev–Trinajstić information content (AvgIpc) is 3.41. The van der Waals surface area contributed by atoms with Crippen molar-refractivity contribution in [2.24, 2.45) is 0 Å². The van der Waals surface area contributed by atoms with Crippen LogP contribution in [0.15, 0.2) is 89.9 Å². The van der Waals surface area contributed by atoms with E-state index >= 15 is 0 Å². The number of nitrogens with one attached hydrogen (secondary N) is 1. The second-order valence-electron chi connectivity index (χ2n) is 11.0. The van der Waals surface area contributed by atoms with Crippen LogP contribution in [0.2, 0.25) is 0 Å². The number of nitrogens with zero attached hydrogens (tertiary/aromatic N) is 2. The second-order valence-corrected chi connectivity index (χ2v) is 11.9. The third kappa shape index (κ3) is 7.70. The standard InChI is InChI=1S/C36H36FN3O5S/c1-4-11-31(41)38-27-18-16-25(17-19-27)34-28(22-39(3)20-24-12-7-6-8-13-24)32-33(42)30(45-36(43)44-5-2)23-40(35(32)46-34)21-26-14-9-10-15-29(26)37/h6-10,12-19,23H,4-5,11,20-22H2,1-3H3,(H,38,41). The number of benzene rings is 3. The lowest BCUT2D eigenvalue weighted by atomic mass is 10.0. The lowest BCUT2D eigenvalue weighted by molar-refractivity contribution is -0.116. The van der Waals surface area contributed by atoms with Gasteiger partial charge in [-0.2, -0.15) is 0 Å². The number of anilines is 1. The fourth-order valence-corrected chi connectivity index (χ4v) is 6.56. The number of hydrogen-bond acceptors (Lipinski definition) is 7. The zero-order chi connectivity index (χ0) is 32.6. The van der Waals surface area contributed by atoms with Gasteiger partial charge < -0.3 is 19.4 Å². The Morgan fingerprint density at radius 3 is 2.37 bits per heavy atom. The number of amides is 1. The van der Waals surface area contributed by atoms with Crippen molar-refractivity contribution in [3.8, 4) is 16.2 Å². The Bertz CT molecular complexity index is 1890. The third-order valence-electron chi connectivity index (χ3n) is 7.36. The molecule has 0 aliphatic carbocycles. The molecule has 0 saturated heterocycles. The summed E-state index contributed by atoms with van der Waals surface area (Å²) in [4.78, 5) is 42.2. The lowest BCUT2D eigenvalue weighted by Gasteiger charge is -2.18. The van der Waals surface area contributed by atoms with Gasteiger partial charge in [-0.1, -0.05) is 67.6 Å². The van der Waals surface area contributed by atoms with Crippen LogP contribution in [-0.4, -0.2) is 35.2 Å². The van der Waals surface area contributed by atoms with Gasteiger partial charge >= 0.3 is 6.16 Å². The molecular weight excluding hydrogens is 605 g/mol. The molecule has 5 rings (SSSR count). The van der Waals surface area contributed by atoms with Crippen molar-refractivity contribution in [2.45, 2.75) is 46.3 Å². The molecule has 0 saturated carbocycles. The van der Waals surface area contributed by atoms with Crippen LogP contribution in [0.25, 0.3) is 20.7 Å². The smallest absolute Gasteiger partial charge is 0.434 e. The molecule has 0 fully saturated rings. The van der Waals surface area contributed by atoms with E-state index in [4.69, 9.17) is 9.47 Å². The molecule has 0 radical (unpaired) electrons. The minimum Gasteiger partial charge on any atom is -0.434 e. The summed E-state index contributed by atoms with van der Waals surface area (Å²) in [6.45, 7) is 4.81. The number of pyridine rings is 1. The Balaban J connectivity index is 1.67. The van der Waals surface area contributed by atoms with E-state index in [9.17, 15) is 18.8 Å². The first-order chi connectivity index (χ1) is 22.3. The van der Waals surface area contributed by atoms with Gasteiger partial charge in [0.2, 0.25) is 11.3 Å². The van der Waals surface area contributed by atoms with Gasteiger partial charge in [0, 0.05) is 35.6 Å². The molecule has 3 aromatic carbocycles. The predicted molar refractivity (Wildman–Crippen MR) is 180 cm³/mol. The minimum atomic E-state index is -0.990. The van der Waals surface area contributed by atoms with Crippen molar-refractivity contribution in [1.29, 1.82) is 0 Å². The van der Waals surface area contributed by atoms with Gasteiger partial charge in [0.05, 0.1) is 24.7 Å². The van der Waals surface area contributed by atoms with Crippen LogP contribution in [0.4, 0.5) is 14.9 Å². The first-order valence-electron chi connectivity index (χ1n) is 15.2. The van der Waals surface area contributed by atoms with Crippen LogP contribution in [0, 0.1) is 5.82 Å². The minimum absolute atomic E-state index is 0.0559. The molecule has 0 aliphatic rings. The molecule has 238 valence electrons. The van der Waals surface area contributed by atoms with Crippen molar-refractivity contribution in [2.75, 3.05) is 19.0 Å². The predicted octanol–water partition coefficient (Wildman–Crippen LogP) is 7.82. The van der Waals surface area contributed by atoms with Crippen LogP contribution in [0.5, 0.6) is 5.75 Å². The van der Waals surface area contributed by atoms with Gasteiger partial charge in [0.25, 0.3) is 0 Å². The molecule has 5 aromatic rings. The number of carbonyl (C=O) groups is 2. The van der Waals surface area contributed by atoms with Crippen LogP contribution < -0.4 is 15.5 Å². The van der Waals surface area contributed by atoms with Gasteiger partial charge in [0.1, 0.15) is 10.6 Å². The Kier molecular flexibility index (Phi) is 10.6. The van der Waals surface area contributed by atoms with Gasteiger partial charge in [0.15, 0.2) is 5.75 Å². The van der Waals surface area contributed by atoms with Gasteiger partial charge in [-0.25, -0.2) is 9.18 Å². The summed E-state index contributed by atoms with van der Waals surface area (Å²) in [7, 11) is 1.98. The topological polar surface area (TPSA) is 89.9 Å². The average molecular weight is 642 g/mol. The Morgan fingerprint density at radius 1 is 0.957 bits per heavy atom. The summed E-state index contributed by atoms with van der Waals surface area (Å²) < 4.78 is 27.0. The van der Waals surface area contributed by atoms with Crippen molar-refractivity contribution >= 4 is 39.3 Å². The molecule has 2 heterocycles. The number of ether oxygens (including phenoxy) is 2. The summed E-state index contributed by atoms with van der Waals surface area (Å²) >= 11 is 1.41. The molecule has 1 N–H and O–H groups in total. The zero-order valence-corrected chi connectivity index (χ0v) is 26.9. The third-order valence-corrected chi connectivity index (χ3v) is 8.68. The van der Waals surface area contributed by atoms with E-state index in [1.165, 1.54) is 23.6 Å². The van der Waals surface area contributed by atoms with E-state index in [2.05, 4.69) is 10.2 Å². The molecule has 2 aromatic heterocycles. The number of halogens is 1. The fourth-order valence-electron chi connectivity index (χ4n) is 5.27. The summed E-state index contributed by atoms with van der Waals surface area (Å²) in [5, 5.41) is 3.30. The van der Waals surface area contributed by atoms with E-state index in [1.54, 1.807) is 29.7 Å². The van der Waals surface area contributed by atoms with Gasteiger partial charge in [-0.15, -0.1) is 11.3 Å². The van der Waals surface area contributed by atoms with E-state index in [1.807, 2.05) is 68.6 Å². The monoisotopic (exact) mass is 641 g/mol. The second kappa shape index (κ2) is 15.0. The number of hydrogen-bond donors (Lipinski definition) is 1. The first-order valence-corrected chi connectivity index (χ1v) is 16.0. The maximum Gasteiger partial charge on any atom is 0.514 e. The highest BCUT2D eigenvalue weighted by molar-refractivity contribution is 7.22. The highest BCUT2D eigenvalue weighted by atomic mass is 32.1. The molecule has 46 heavy (non-hydrogen) atoms. The maximum atomic E-state index is 14.9. The van der Waals surface area contributed by atoms with Crippen LogP contribution >= 0.6 is 11.3 Å². The number of carbonyl (C=O) groups excluding carboxylic acids is 2. The molecular formula is C36H36FN3O5S. The highest BCUT2D eigenvalue weighted by Gasteiger charge is 2.24. The molecule has 0 spiro atoms. The maximum absolute atomic E-state index is 14.9. The Morgan fingerprint density at radius 2 is 1.67 bits per heavy atom. The summed E-state index contributed by atoms with van der Waals surface area (Å²) in [6, 6.07) is 23.9. The lowest BCUT2D eigenvalue weighted by Crippen LogP contribution is -2.21. The normalized spacial score (nSPS) is 11.2. The summed E-state index contributed by atoms with van der Waals surface area (Å²) in [5.74, 6) is -0.644. The molecule has 0 aliphatic heterocycles. The van der Waals surface area contributed by atoms with Crippen molar-refractivity contribution in [3.63, 3.8) is 0 Å². The Hall–Kier alpha value is -4.80. The highest BCUT2D eigenvalue weighted by Crippen LogP contribution is 2.40. The van der Waals surface area contributed by atoms with E-state index in [0.717, 1.165) is 28.0 Å². The van der Waals surface area contributed by atoms with Crippen molar-refractivity contribution < 1.29 is 23.5 Å². The number of fused-ring (bicyclic) bond motifs is 1. The van der Waals surface area contributed by atoms with E-state index in [0.29, 0.717) is 41.0 Å². The molecule has 8 nitrogen and oxygen atoms in total. The molecule has 1 amide bonds.